The van der Waals surface area contributed by atoms with Gasteiger partial charge in [0.2, 0.25) is 11.2 Å². The number of amides is 1. The summed E-state index contributed by atoms with van der Waals surface area (Å²) in [5, 5.41) is 0. The number of ketones is 1. The summed E-state index contributed by atoms with van der Waals surface area (Å²) in [6.45, 7) is 6.13. The van der Waals surface area contributed by atoms with Crippen LogP contribution in [0.1, 0.15) is 169 Å². The van der Waals surface area contributed by atoms with E-state index in [-0.39, 0.29) is 36.4 Å². The number of hydrogen-bond donors (Lipinski definition) is 0. The first kappa shape index (κ1) is 41.3. The number of pyridine rings is 1. The van der Waals surface area contributed by atoms with Gasteiger partial charge in [-0.05, 0) is 39.5 Å². The Balaban J connectivity index is 1.37. The van der Waals surface area contributed by atoms with Gasteiger partial charge in [-0.1, -0.05) is 96.8 Å². The quantitative estimate of drug-likeness (QED) is 0.0722. The molecule has 0 aliphatic carbocycles. The van der Waals surface area contributed by atoms with Crippen molar-refractivity contribution in [2.24, 2.45) is 0 Å². The minimum atomic E-state index is -1.14. The minimum Gasteiger partial charge on any atom is -0.420 e. The number of Topliss-reactive ketones (excluding diaryl/α,β-unsaturated/α-hetero) is 1. The molecule has 0 unspecified atom stereocenters. The standard InChI is InChI=1S/C41H57F3N2O6/c1-4-5-6-7-8-9-10-11-12-13-14-15-16-17-18-19-37(48)52-40-38-41(50)46-28(2)20-21-29(3)51-36(46)27-45(38)26-32(39(40)49)35(47)23-22-31-33(43)24-30(42)25-34(31)44/h24-26,28-29,36H,4-23,27H2,1-3H3/t28-,29+,36-/m0/s1. The van der Waals surface area contributed by atoms with Gasteiger partial charge in [-0.2, -0.15) is 0 Å². The molecule has 3 atom stereocenters. The van der Waals surface area contributed by atoms with Crippen LogP contribution in [0.3, 0.4) is 0 Å². The third kappa shape index (κ3) is 11.5. The number of nitrogens with zero attached hydrogens (tertiary/aromatic N) is 2. The summed E-state index contributed by atoms with van der Waals surface area (Å²) in [5.74, 6) is -5.87. The lowest BCUT2D eigenvalue weighted by Crippen LogP contribution is -2.53. The molecule has 0 saturated carbocycles. The minimum absolute atomic E-state index is 0.0377. The molecule has 8 nitrogen and oxygen atoms in total. The number of rotatable bonds is 21. The Hall–Kier alpha value is -3.47. The van der Waals surface area contributed by atoms with Crippen molar-refractivity contribution < 1.29 is 37.0 Å². The van der Waals surface area contributed by atoms with Gasteiger partial charge >= 0.3 is 5.97 Å². The smallest absolute Gasteiger partial charge is 0.311 e. The van der Waals surface area contributed by atoms with E-state index in [2.05, 4.69) is 6.92 Å². The summed E-state index contributed by atoms with van der Waals surface area (Å²) in [6.07, 6.45) is 18.6. The van der Waals surface area contributed by atoms with Crippen molar-refractivity contribution in [3.8, 4) is 5.75 Å². The Morgan fingerprint density at radius 2 is 1.37 bits per heavy atom. The van der Waals surface area contributed by atoms with Crippen LogP contribution >= 0.6 is 0 Å². The third-order valence-electron chi connectivity index (χ3n) is 10.4. The largest absolute Gasteiger partial charge is 0.420 e. The van der Waals surface area contributed by atoms with Crippen molar-refractivity contribution in [3.63, 3.8) is 0 Å². The molecule has 2 aliphatic rings. The van der Waals surface area contributed by atoms with Gasteiger partial charge in [0.05, 0.1) is 18.2 Å². The molecular formula is C41H57F3N2O6. The first-order valence-corrected chi connectivity index (χ1v) is 19.6. The van der Waals surface area contributed by atoms with Crippen LogP contribution in [0.25, 0.3) is 0 Å². The molecule has 0 bridgehead atoms. The maximum absolute atomic E-state index is 14.3. The highest BCUT2D eigenvalue weighted by atomic mass is 19.1. The van der Waals surface area contributed by atoms with Crippen LogP contribution in [0.4, 0.5) is 13.2 Å². The molecule has 0 spiro atoms. The molecule has 0 radical (unpaired) electrons. The van der Waals surface area contributed by atoms with E-state index in [0.29, 0.717) is 25.0 Å². The van der Waals surface area contributed by atoms with Crippen molar-refractivity contribution in [2.45, 2.75) is 174 Å². The molecule has 52 heavy (non-hydrogen) atoms. The summed E-state index contributed by atoms with van der Waals surface area (Å²) < 4.78 is 55.2. The monoisotopic (exact) mass is 730 g/mol. The molecule has 2 aromatic rings. The van der Waals surface area contributed by atoms with Crippen molar-refractivity contribution in [1.82, 2.24) is 9.47 Å². The van der Waals surface area contributed by atoms with Crippen molar-refractivity contribution in [3.05, 3.63) is 62.8 Å². The Labute approximate surface area is 306 Å². The van der Waals surface area contributed by atoms with Crippen LogP contribution in [0.5, 0.6) is 5.75 Å². The average Bonchev–Trinajstić information content (AvgIpc) is 3.23. The van der Waals surface area contributed by atoms with Gasteiger partial charge in [-0.25, -0.2) is 13.2 Å². The lowest BCUT2D eigenvalue weighted by atomic mass is 10.0. The Bertz CT molecular complexity index is 1550. The molecule has 288 valence electrons. The fraction of sp³-hybridized carbons (Fsp3) is 0.659. The number of carbonyl (C=O) groups excluding carboxylic acids is 3. The first-order chi connectivity index (χ1) is 25.0. The fourth-order valence-electron chi connectivity index (χ4n) is 7.34. The number of aromatic nitrogens is 1. The molecule has 1 saturated heterocycles. The van der Waals surface area contributed by atoms with E-state index in [1.165, 1.54) is 75.0 Å². The summed E-state index contributed by atoms with van der Waals surface area (Å²) in [4.78, 5) is 55.9. The SMILES string of the molecule is CCCCCCCCCCCCCCCCCC(=O)Oc1c2n(cc(C(=O)CCc3c(F)cc(F)cc3F)c1=O)C[C@@H]1O[C@H](C)CC[C@H](C)N1C2=O. The maximum atomic E-state index is 14.3. The van der Waals surface area contributed by atoms with Gasteiger partial charge in [0.25, 0.3) is 5.91 Å². The number of carbonyl (C=O) groups is 3. The molecule has 3 heterocycles. The number of benzene rings is 1. The van der Waals surface area contributed by atoms with Crippen molar-refractivity contribution in [2.75, 3.05) is 0 Å². The first-order valence-electron chi connectivity index (χ1n) is 19.6. The fourth-order valence-corrected chi connectivity index (χ4v) is 7.34. The Morgan fingerprint density at radius 3 is 1.94 bits per heavy atom. The second kappa shape index (κ2) is 20.7. The van der Waals surface area contributed by atoms with Crippen LogP contribution in [0, 0.1) is 17.5 Å². The lowest BCUT2D eigenvalue weighted by molar-refractivity contribution is -0.134. The van der Waals surface area contributed by atoms with Crippen LogP contribution in [-0.4, -0.2) is 45.5 Å². The van der Waals surface area contributed by atoms with E-state index in [0.717, 1.165) is 32.1 Å². The van der Waals surface area contributed by atoms with E-state index in [1.54, 1.807) is 4.90 Å². The van der Waals surface area contributed by atoms with E-state index >= 15 is 0 Å². The highest BCUT2D eigenvalue weighted by molar-refractivity contribution is 6.00. The van der Waals surface area contributed by atoms with Crippen LogP contribution < -0.4 is 10.2 Å². The molecular weight excluding hydrogens is 673 g/mol. The topological polar surface area (TPSA) is 94.9 Å². The van der Waals surface area contributed by atoms with Crippen molar-refractivity contribution in [1.29, 1.82) is 0 Å². The number of esters is 1. The normalized spacial score (nSPS) is 18.5. The van der Waals surface area contributed by atoms with Crippen molar-refractivity contribution >= 4 is 17.7 Å². The number of unbranched alkanes of at least 4 members (excludes halogenated alkanes) is 14. The molecule has 1 aromatic carbocycles. The highest BCUT2D eigenvalue weighted by Crippen LogP contribution is 2.32. The summed E-state index contributed by atoms with van der Waals surface area (Å²) in [5.41, 5.74) is -1.94. The second-order valence-corrected chi connectivity index (χ2v) is 14.7. The van der Waals surface area contributed by atoms with E-state index in [4.69, 9.17) is 9.47 Å². The number of halogens is 3. The maximum Gasteiger partial charge on any atom is 0.311 e. The number of fused-ring (bicyclic) bond motifs is 2. The van der Waals surface area contributed by atoms with E-state index in [9.17, 15) is 32.3 Å². The zero-order valence-electron chi connectivity index (χ0n) is 31.3. The number of hydrogen-bond acceptors (Lipinski definition) is 6. The molecule has 1 amide bonds. The Kier molecular flexibility index (Phi) is 16.4. The zero-order valence-corrected chi connectivity index (χ0v) is 31.3. The average molecular weight is 731 g/mol. The lowest BCUT2D eigenvalue weighted by Gasteiger charge is -2.39. The van der Waals surface area contributed by atoms with Gasteiger partial charge < -0.3 is 18.9 Å². The molecule has 4 rings (SSSR count). The van der Waals surface area contributed by atoms with Gasteiger partial charge in [-0.15, -0.1) is 0 Å². The summed E-state index contributed by atoms with van der Waals surface area (Å²) in [6, 6.07) is 0.843. The predicted molar refractivity (Wildman–Crippen MR) is 194 cm³/mol. The van der Waals surface area contributed by atoms with Crippen LogP contribution in [0.15, 0.2) is 23.1 Å². The van der Waals surface area contributed by atoms with Gasteiger partial charge in [-0.3, -0.25) is 19.2 Å². The highest BCUT2D eigenvalue weighted by Gasteiger charge is 2.42. The second-order valence-electron chi connectivity index (χ2n) is 14.7. The predicted octanol–water partition coefficient (Wildman–Crippen LogP) is 9.62. The molecule has 11 heteroatoms. The molecule has 1 fully saturated rings. The molecule has 0 N–H and O–H groups in total. The molecule has 1 aromatic heterocycles. The third-order valence-corrected chi connectivity index (χ3v) is 10.4. The Morgan fingerprint density at radius 1 is 0.808 bits per heavy atom. The summed E-state index contributed by atoms with van der Waals surface area (Å²) >= 11 is 0. The number of ether oxygens (including phenoxy) is 2. The van der Waals surface area contributed by atoms with Gasteiger partial charge in [0.15, 0.2) is 17.7 Å². The van der Waals surface area contributed by atoms with E-state index < -0.39 is 70.9 Å². The van der Waals surface area contributed by atoms with Crippen LogP contribution in [-0.2, 0) is 22.5 Å². The van der Waals surface area contributed by atoms with Crippen LogP contribution in [0.2, 0.25) is 0 Å². The van der Waals surface area contributed by atoms with Gasteiger partial charge in [0.1, 0.15) is 17.5 Å². The van der Waals surface area contributed by atoms with E-state index in [1.807, 2.05) is 13.8 Å². The van der Waals surface area contributed by atoms with Gasteiger partial charge in [0, 0.05) is 42.8 Å². The zero-order chi connectivity index (χ0) is 37.6. The molecule has 2 aliphatic heterocycles. The summed E-state index contributed by atoms with van der Waals surface area (Å²) in [7, 11) is 0.